The largest absolute Gasteiger partial charge is 0.497 e. The standard InChI is InChI=1S/C32H46N2O3/c1-3-4-5-6-7-8-9-10-11-12-13-14-15-16-17-18-24-34-25-23-31(35)32(30(34)26-33)37-27-28-19-21-29(36-2)22-20-28/h18-25H,3-17,27H2,1-2H3. The van der Waals surface area contributed by atoms with Gasteiger partial charge in [0.05, 0.1) is 7.11 Å². The minimum Gasteiger partial charge on any atom is -0.497 e. The van der Waals surface area contributed by atoms with E-state index in [1.165, 1.54) is 89.5 Å². The summed E-state index contributed by atoms with van der Waals surface area (Å²) >= 11 is 0. The van der Waals surface area contributed by atoms with Crippen LogP contribution in [-0.2, 0) is 6.61 Å². The van der Waals surface area contributed by atoms with Gasteiger partial charge in [-0.3, -0.25) is 4.79 Å². The van der Waals surface area contributed by atoms with Gasteiger partial charge in [0.25, 0.3) is 0 Å². The molecule has 1 aromatic carbocycles. The molecular formula is C32H46N2O3. The second-order valence-electron chi connectivity index (χ2n) is 9.78. The molecule has 2 rings (SSSR count). The van der Waals surface area contributed by atoms with E-state index in [2.05, 4.69) is 19.1 Å². The van der Waals surface area contributed by atoms with Gasteiger partial charge in [-0.2, -0.15) is 5.26 Å². The lowest BCUT2D eigenvalue weighted by Crippen LogP contribution is -2.13. The molecule has 0 bridgehead atoms. The molecule has 0 unspecified atom stereocenters. The number of aromatic nitrogens is 1. The number of nitriles is 1. The molecule has 0 saturated heterocycles. The molecule has 0 aliphatic rings. The summed E-state index contributed by atoms with van der Waals surface area (Å²) in [5.74, 6) is 0.842. The number of methoxy groups -OCH3 is 1. The van der Waals surface area contributed by atoms with E-state index >= 15 is 0 Å². The number of nitrogens with zero attached hydrogens (tertiary/aromatic N) is 2. The van der Waals surface area contributed by atoms with E-state index < -0.39 is 0 Å². The van der Waals surface area contributed by atoms with E-state index in [1.54, 1.807) is 17.9 Å². The number of rotatable bonds is 20. The van der Waals surface area contributed by atoms with Crippen molar-refractivity contribution in [1.29, 1.82) is 5.26 Å². The van der Waals surface area contributed by atoms with Crippen LogP contribution in [-0.4, -0.2) is 11.7 Å². The van der Waals surface area contributed by atoms with Gasteiger partial charge in [0.15, 0.2) is 5.69 Å². The predicted molar refractivity (Wildman–Crippen MR) is 153 cm³/mol. The molecule has 5 heteroatoms. The van der Waals surface area contributed by atoms with E-state index in [1.807, 2.05) is 30.5 Å². The molecule has 0 spiro atoms. The highest BCUT2D eigenvalue weighted by Gasteiger charge is 2.12. The second-order valence-corrected chi connectivity index (χ2v) is 9.78. The third kappa shape index (κ3) is 12.2. The first kappa shape index (κ1) is 30.2. The Morgan fingerprint density at radius 2 is 1.41 bits per heavy atom. The van der Waals surface area contributed by atoms with Crippen LogP contribution in [0, 0.1) is 11.3 Å². The van der Waals surface area contributed by atoms with E-state index in [-0.39, 0.29) is 23.5 Å². The van der Waals surface area contributed by atoms with Crippen LogP contribution in [0.15, 0.2) is 47.4 Å². The van der Waals surface area contributed by atoms with Gasteiger partial charge in [0, 0.05) is 18.5 Å². The monoisotopic (exact) mass is 506 g/mol. The van der Waals surface area contributed by atoms with Gasteiger partial charge < -0.3 is 14.0 Å². The summed E-state index contributed by atoms with van der Waals surface area (Å²) in [5, 5.41) is 9.68. The zero-order valence-electron chi connectivity index (χ0n) is 23.1. The first-order chi connectivity index (χ1) is 18.2. The fourth-order valence-corrected chi connectivity index (χ4v) is 4.43. The van der Waals surface area contributed by atoms with Crippen molar-refractivity contribution in [2.45, 2.75) is 110 Å². The number of ether oxygens (including phenoxy) is 2. The average Bonchev–Trinajstić information content (AvgIpc) is 2.92. The molecule has 0 radical (unpaired) electrons. The molecule has 0 atom stereocenters. The summed E-state index contributed by atoms with van der Waals surface area (Å²) in [6.45, 7) is 2.48. The number of allylic oxidation sites excluding steroid dienone is 1. The van der Waals surface area contributed by atoms with Gasteiger partial charge in [-0.25, -0.2) is 0 Å². The molecule has 0 N–H and O–H groups in total. The molecule has 0 aliphatic heterocycles. The number of pyridine rings is 1. The molecule has 202 valence electrons. The molecule has 0 aliphatic carbocycles. The lowest BCUT2D eigenvalue weighted by molar-refractivity contribution is 0.300. The van der Waals surface area contributed by atoms with Crippen LogP contribution in [0.4, 0.5) is 0 Å². The third-order valence-electron chi connectivity index (χ3n) is 6.72. The maximum absolute atomic E-state index is 12.4. The van der Waals surface area contributed by atoms with Crippen molar-refractivity contribution < 1.29 is 9.47 Å². The van der Waals surface area contributed by atoms with Crippen molar-refractivity contribution in [3.63, 3.8) is 0 Å². The smallest absolute Gasteiger partial charge is 0.224 e. The molecule has 1 aromatic heterocycles. The minimum absolute atomic E-state index is 0.0851. The number of hydrogen-bond donors (Lipinski definition) is 0. The van der Waals surface area contributed by atoms with Crippen LogP contribution < -0.4 is 14.9 Å². The van der Waals surface area contributed by atoms with Gasteiger partial charge in [-0.15, -0.1) is 0 Å². The fourth-order valence-electron chi connectivity index (χ4n) is 4.43. The first-order valence-electron chi connectivity index (χ1n) is 14.3. The predicted octanol–water partition coefficient (Wildman–Crippen LogP) is 8.65. The highest BCUT2D eigenvalue weighted by molar-refractivity contribution is 5.44. The Labute approximate surface area is 224 Å². The van der Waals surface area contributed by atoms with E-state index in [0.717, 1.165) is 24.2 Å². The summed E-state index contributed by atoms with van der Waals surface area (Å²) in [5.41, 5.74) is 0.827. The molecule has 5 nitrogen and oxygen atoms in total. The third-order valence-corrected chi connectivity index (χ3v) is 6.72. The van der Waals surface area contributed by atoms with E-state index in [9.17, 15) is 10.1 Å². The van der Waals surface area contributed by atoms with Crippen molar-refractivity contribution in [1.82, 2.24) is 4.57 Å². The average molecular weight is 507 g/mol. The summed E-state index contributed by atoms with van der Waals surface area (Å²) < 4.78 is 12.6. The molecule has 0 amide bonds. The van der Waals surface area contributed by atoms with Crippen LogP contribution in [0.2, 0.25) is 0 Å². The van der Waals surface area contributed by atoms with Crippen LogP contribution in [0.3, 0.4) is 0 Å². The van der Waals surface area contributed by atoms with Crippen molar-refractivity contribution in [2.75, 3.05) is 7.11 Å². The van der Waals surface area contributed by atoms with Crippen molar-refractivity contribution in [2.24, 2.45) is 0 Å². The molecule has 1 heterocycles. The fraction of sp³-hybridized carbons (Fsp3) is 0.562. The maximum Gasteiger partial charge on any atom is 0.224 e. The Morgan fingerprint density at radius 3 is 1.95 bits per heavy atom. The maximum atomic E-state index is 12.4. The van der Waals surface area contributed by atoms with Gasteiger partial charge >= 0.3 is 0 Å². The number of unbranched alkanes of at least 4 members (excludes halogenated alkanes) is 14. The zero-order valence-corrected chi connectivity index (χ0v) is 23.1. The van der Waals surface area contributed by atoms with Gasteiger partial charge in [-0.05, 0) is 30.5 Å². The molecule has 37 heavy (non-hydrogen) atoms. The van der Waals surface area contributed by atoms with Gasteiger partial charge in [0.2, 0.25) is 11.2 Å². The lowest BCUT2D eigenvalue weighted by Gasteiger charge is -2.11. The van der Waals surface area contributed by atoms with Crippen LogP contribution in [0.1, 0.15) is 114 Å². The van der Waals surface area contributed by atoms with Crippen LogP contribution >= 0.6 is 0 Å². The zero-order chi connectivity index (χ0) is 26.6. The van der Waals surface area contributed by atoms with Crippen LogP contribution in [0.25, 0.3) is 6.20 Å². The Balaban J connectivity index is 1.64. The highest BCUT2D eigenvalue weighted by Crippen LogP contribution is 2.17. The van der Waals surface area contributed by atoms with Gasteiger partial charge in [0.1, 0.15) is 18.4 Å². The Bertz CT molecular complexity index is 1000. The molecule has 0 saturated carbocycles. The van der Waals surface area contributed by atoms with Gasteiger partial charge in [-0.1, -0.05) is 109 Å². The molecule has 0 fully saturated rings. The second kappa shape index (κ2) is 19.2. The molecule has 2 aromatic rings. The van der Waals surface area contributed by atoms with Crippen LogP contribution in [0.5, 0.6) is 11.5 Å². The number of hydrogen-bond acceptors (Lipinski definition) is 4. The van der Waals surface area contributed by atoms with E-state index in [0.29, 0.717) is 0 Å². The summed E-state index contributed by atoms with van der Waals surface area (Å²) in [4.78, 5) is 12.4. The topological polar surface area (TPSA) is 64.2 Å². The Hall–Kier alpha value is -3.00. The van der Waals surface area contributed by atoms with Crippen molar-refractivity contribution >= 4 is 6.20 Å². The quantitative estimate of drug-likeness (QED) is 0.169. The number of benzene rings is 1. The summed E-state index contributed by atoms with van der Waals surface area (Å²) in [6.07, 6.45) is 25.4. The first-order valence-corrected chi connectivity index (χ1v) is 14.3. The minimum atomic E-state index is -0.290. The molecular weight excluding hydrogens is 460 g/mol. The summed E-state index contributed by atoms with van der Waals surface area (Å²) in [6, 6.07) is 11.0. The van der Waals surface area contributed by atoms with Crippen molar-refractivity contribution in [3.8, 4) is 17.6 Å². The normalized spacial score (nSPS) is 11.1. The van der Waals surface area contributed by atoms with Crippen molar-refractivity contribution in [3.05, 3.63) is 64.1 Å². The lowest BCUT2D eigenvalue weighted by atomic mass is 10.0. The highest BCUT2D eigenvalue weighted by atomic mass is 16.5. The summed E-state index contributed by atoms with van der Waals surface area (Å²) in [7, 11) is 1.62. The Kier molecular flexibility index (Phi) is 15.6. The Morgan fingerprint density at radius 1 is 0.838 bits per heavy atom. The van der Waals surface area contributed by atoms with E-state index in [4.69, 9.17) is 9.47 Å². The SMILES string of the molecule is CCCCCCCCCCCCCCCCC=Cn1ccc(=O)c(OCc2ccc(OC)cc2)c1C#N.